The molecule has 3 heterocycles. The highest BCUT2D eigenvalue weighted by Gasteiger charge is 2.20. The van der Waals surface area contributed by atoms with Crippen molar-refractivity contribution < 1.29 is 0 Å². The summed E-state index contributed by atoms with van der Waals surface area (Å²) in [6.07, 6.45) is 0. The molecule has 3 heteroatoms. The van der Waals surface area contributed by atoms with Gasteiger partial charge in [-0.1, -0.05) is 164 Å². The van der Waals surface area contributed by atoms with Gasteiger partial charge in [0.15, 0.2) is 0 Å². The van der Waals surface area contributed by atoms with Crippen molar-refractivity contribution in [2.45, 2.75) is 0 Å². The van der Waals surface area contributed by atoms with Crippen molar-refractivity contribution in [3.63, 3.8) is 0 Å². The van der Waals surface area contributed by atoms with Crippen LogP contribution in [0.5, 0.6) is 0 Å². The first-order valence-electron chi connectivity index (χ1n) is 18.1. The Morgan fingerprint density at radius 2 is 0.868 bits per heavy atom. The SMILES string of the molecule is Cn1c2ccccc2c2c1ccc1c3ccccc3n(-c3cc(-c4ccccc4)nc(-c4ccccc4)c3)c12.c1ccc2c(c1)ccc1ccccc12. The second kappa shape index (κ2) is 12.7. The van der Waals surface area contributed by atoms with Crippen LogP contribution in [-0.4, -0.2) is 14.1 Å². The molecule has 0 saturated heterocycles. The summed E-state index contributed by atoms with van der Waals surface area (Å²) < 4.78 is 4.75. The molecule has 0 N–H and O–H groups in total. The Labute approximate surface area is 307 Å². The minimum absolute atomic E-state index is 0.961. The highest BCUT2D eigenvalue weighted by molar-refractivity contribution is 6.25. The molecule has 0 aliphatic rings. The average Bonchev–Trinajstić information content (AvgIpc) is 3.73. The molecule has 0 radical (unpaired) electrons. The number of hydrogen-bond acceptors (Lipinski definition) is 1. The highest BCUT2D eigenvalue weighted by atomic mass is 15.0. The fourth-order valence-electron chi connectivity index (χ4n) is 8.08. The Bertz CT molecular complexity index is 3000. The smallest absolute Gasteiger partial charge is 0.0730 e. The molecule has 11 rings (SSSR count). The summed E-state index contributed by atoms with van der Waals surface area (Å²) in [6.45, 7) is 0. The van der Waals surface area contributed by atoms with Crippen molar-refractivity contribution in [1.82, 2.24) is 14.1 Å². The van der Waals surface area contributed by atoms with Crippen LogP contribution < -0.4 is 0 Å². The van der Waals surface area contributed by atoms with E-state index in [1.807, 2.05) is 0 Å². The summed E-state index contributed by atoms with van der Waals surface area (Å²) in [6, 6.07) is 68.8. The first-order chi connectivity index (χ1) is 26.2. The minimum atomic E-state index is 0.961. The summed E-state index contributed by atoms with van der Waals surface area (Å²) in [7, 11) is 2.16. The van der Waals surface area contributed by atoms with Crippen molar-refractivity contribution >= 4 is 65.2 Å². The summed E-state index contributed by atoms with van der Waals surface area (Å²) in [5, 5.41) is 10.4. The van der Waals surface area contributed by atoms with Gasteiger partial charge in [0.25, 0.3) is 0 Å². The average molecular weight is 678 g/mol. The number of rotatable bonds is 3. The van der Waals surface area contributed by atoms with Gasteiger partial charge in [0.1, 0.15) is 0 Å². The molecular weight excluding hydrogens is 643 g/mol. The van der Waals surface area contributed by atoms with Gasteiger partial charge >= 0.3 is 0 Å². The lowest BCUT2D eigenvalue weighted by atomic mass is 10.0. The van der Waals surface area contributed by atoms with Crippen LogP contribution >= 0.6 is 0 Å². The zero-order valence-corrected chi connectivity index (χ0v) is 29.3. The summed E-state index contributed by atoms with van der Waals surface area (Å²) >= 11 is 0. The Morgan fingerprint density at radius 1 is 0.377 bits per heavy atom. The Kier molecular flexibility index (Phi) is 7.36. The molecule has 0 aliphatic heterocycles. The molecule has 3 aromatic heterocycles. The fourth-order valence-corrected chi connectivity index (χ4v) is 8.08. The van der Waals surface area contributed by atoms with Crippen LogP contribution in [0, 0.1) is 0 Å². The molecule has 3 nitrogen and oxygen atoms in total. The van der Waals surface area contributed by atoms with E-state index >= 15 is 0 Å². The number of aromatic nitrogens is 3. The Balaban J connectivity index is 0.000000208. The van der Waals surface area contributed by atoms with Crippen LogP contribution in [0.3, 0.4) is 0 Å². The number of benzene rings is 8. The summed E-state index contributed by atoms with van der Waals surface area (Å²) in [5.41, 5.74) is 10.1. The van der Waals surface area contributed by atoms with Crippen LogP contribution in [0.2, 0.25) is 0 Å². The van der Waals surface area contributed by atoms with Crippen LogP contribution in [0.25, 0.3) is 93.4 Å². The van der Waals surface area contributed by atoms with Gasteiger partial charge in [0, 0.05) is 45.2 Å². The van der Waals surface area contributed by atoms with E-state index in [2.05, 4.69) is 210 Å². The van der Waals surface area contributed by atoms with Crippen molar-refractivity contribution in [3.8, 4) is 28.2 Å². The number of pyridine rings is 1. The maximum Gasteiger partial charge on any atom is 0.0730 e. The molecule has 0 amide bonds. The Morgan fingerprint density at radius 3 is 1.47 bits per heavy atom. The maximum absolute atomic E-state index is 5.14. The molecule has 11 aromatic rings. The molecule has 0 saturated carbocycles. The molecule has 53 heavy (non-hydrogen) atoms. The van der Waals surface area contributed by atoms with E-state index in [-0.39, 0.29) is 0 Å². The standard InChI is InChI=1S/C36H25N3.C14H10/c1-38-32-18-10-9-17-29(32)35-34(38)21-20-28-27-16-8-11-19-33(27)39(36(28)35)26-22-30(24-12-4-2-5-13-24)37-31(23-26)25-14-6-3-7-15-25;1-3-7-13-11(5-1)9-10-12-6-2-4-8-14(12)13/h2-23H,1H3;1-10H. The van der Waals surface area contributed by atoms with Crippen molar-refractivity contribution in [2.24, 2.45) is 7.05 Å². The predicted octanol–water partition coefficient (Wildman–Crippen LogP) is 13.2. The number of nitrogens with zero attached hydrogens (tertiary/aromatic N) is 3. The number of aryl methyl sites for hydroxylation is 1. The second-order valence-electron chi connectivity index (χ2n) is 13.6. The number of hydrogen-bond donors (Lipinski definition) is 0. The van der Waals surface area contributed by atoms with Gasteiger partial charge in [-0.25, -0.2) is 4.98 Å². The lowest BCUT2D eigenvalue weighted by Crippen LogP contribution is -1.98. The van der Waals surface area contributed by atoms with Gasteiger partial charge in [-0.15, -0.1) is 0 Å². The van der Waals surface area contributed by atoms with Gasteiger partial charge in [0.2, 0.25) is 0 Å². The number of fused-ring (bicyclic) bond motifs is 10. The van der Waals surface area contributed by atoms with Gasteiger partial charge in [-0.3, -0.25) is 0 Å². The first kappa shape index (κ1) is 30.8. The van der Waals surface area contributed by atoms with E-state index in [1.165, 1.54) is 65.2 Å². The zero-order valence-electron chi connectivity index (χ0n) is 29.3. The molecule has 8 aromatic carbocycles. The quantitative estimate of drug-likeness (QED) is 0.171. The molecule has 0 unspecified atom stereocenters. The van der Waals surface area contributed by atoms with Crippen LogP contribution in [0.4, 0.5) is 0 Å². The lowest BCUT2D eigenvalue weighted by molar-refractivity contribution is 1.01. The molecule has 250 valence electrons. The predicted molar refractivity (Wildman–Crippen MR) is 225 cm³/mol. The molecular formula is C50H35N3. The van der Waals surface area contributed by atoms with Crippen LogP contribution in [0.1, 0.15) is 0 Å². The fraction of sp³-hybridized carbons (Fsp3) is 0.0200. The lowest BCUT2D eigenvalue weighted by Gasteiger charge is -2.14. The number of para-hydroxylation sites is 2. The van der Waals surface area contributed by atoms with E-state index in [1.54, 1.807) is 0 Å². The Hall–Kier alpha value is -6.97. The molecule has 0 aliphatic carbocycles. The highest BCUT2D eigenvalue weighted by Crippen LogP contribution is 2.41. The molecule has 0 spiro atoms. The van der Waals surface area contributed by atoms with Gasteiger partial charge < -0.3 is 9.13 Å². The van der Waals surface area contributed by atoms with Gasteiger partial charge in [-0.05, 0) is 51.9 Å². The maximum atomic E-state index is 5.14. The second-order valence-corrected chi connectivity index (χ2v) is 13.6. The normalized spacial score (nSPS) is 11.5. The van der Waals surface area contributed by atoms with Crippen molar-refractivity contribution in [3.05, 3.63) is 194 Å². The van der Waals surface area contributed by atoms with E-state index in [4.69, 9.17) is 4.98 Å². The first-order valence-corrected chi connectivity index (χ1v) is 18.1. The molecule has 0 fully saturated rings. The van der Waals surface area contributed by atoms with Crippen molar-refractivity contribution in [1.29, 1.82) is 0 Å². The topological polar surface area (TPSA) is 22.8 Å². The third-order valence-corrected chi connectivity index (χ3v) is 10.6. The zero-order chi connectivity index (χ0) is 35.3. The molecule has 0 bridgehead atoms. The monoisotopic (exact) mass is 677 g/mol. The van der Waals surface area contributed by atoms with E-state index < -0.39 is 0 Å². The van der Waals surface area contributed by atoms with Gasteiger partial charge in [0.05, 0.1) is 33.6 Å². The summed E-state index contributed by atoms with van der Waals surface area (Å²) in [4.78, 5) is 5.14. The van der Waals surface area contributed by atoms with E-state index in [0.29, 0.717) is 0 Å². The largest absolute Gasteiger partial charge is 0.344 e. The third-order valence-electron chi connectivity index (χ3n) is 10.6. The van der Waals surface area contributed by atoms with E-state index in [9.17, 15) is 0 Å². The minimum Gasteiger partial charge on any atom is -0.344 e. The van der Waals surface area contributed by atoms with Crippen LogP contribution in [-0.2, 0) is 7.05 Å². The van der Waals surface area contributed by atoms with E-state index in [0.717, 1.165) is 28.2 Å². The van der Waals surface area contributed by atoms with Crippen LogP contribution in [0.15, 0.2) is 194 Å². The molecule has 0 atom stereocenters. The third kappa shape index (κ3) is 5.17. The summed E-state index contributed by atoms with van der Waals surface area (Å²) in [5.74, 6) is 0. The van der Waals surface area contributed by atoms with Gasteiger partial charge in [-0.2, -0.15) is 0 Å². The van der Waals surface area contributed by atoms with Crippen molar-refractivity contribution in [2.75, 3.05) is 0 Å².